The number of nitrogens with one attached hydrogen (secondary N) is 1. The normalized spacial score (nSPS) is 10.8. The number of benzene rings is 1. The maximum absolute atomic E-state index is 9.70. The number of ether oxygens (including phenoxy) is 1. The third kappa shape index (κ3) is 3.12. The molecule has 0 amide bonds. The molecule has 0 fully saturated rings. The summed E-state index contributed by atoms with van der Waals surface area (Å²) in [7, 11) is 1.56. The number of phenols is 1. The first-order valence-electron chi connectivity index (χ1n) is 7.75. The highest BCUT2D eigenvalue weighted by Gasteiger charge is 2.09. The molecule has 0 saturated heterocycles. The smallest absolute Gasteiger partial charge is 0.247 e. The van der Waals surface area contributed by atoms with Crippen molar-refractivity contribution in [1.82, 2.24) is 19.6 Å². The third-order valence-corrected chi connectivity index (χ3v) is 4.12. The summed E-state index contributed by atoms with van der Waals surface area (Å²) in [5, 5.41) is 17.8. The van der Waals surface area contributed by atoms with Crippen LogP contribution in [0.5, 0.6) is 11.6 Å². The average Bonchev–Trinajstić information content (AvgIpc) is 3.05. The standard InChI is InChI=1S/C18H14ClN5O2/c1-26-17-8-12(6-7-20-17)21-18-22-16-5-2-11(10-24(16)23-18)14-9-13(25)3-4-15(14)19/h2-10,25H,1H3,(H,20,21,23). The van der Waals surface area contributed by atoms with E-state index in [0.29, 0.717) is 22.5 Å². The summed E-state index contributed by atoms with van der Waals surface area (Å²) in [5.74, 6) is 1.09. The molecule has 0 atom stereocenters. The summed E-state index contributed by atoms with van der Waals surface area (Å²) < 4.78 is 6.76. The molecule has 0 radical (unpaired) electrons. The topological polar surface area (TPSA) is 84.6 Å². The van der Waals surface area contributed by atoms with Crippen molar-refractivity contribution in [3.8, 4) is 22.8 Å². The van der Waals surface area contributed by atoms with E-state index in [1.54, 1.807) is 54.4 Å². The molecule has 0 aliphatic carbocycles. The molecule has 0 bridgehead atoms. The van der Waals surface area contributed by atoms with Gasteiger partial charge >= 0.3 is 0 Å². The first-order valence-corrected chi connectivity index (χ1v) is 8.12. The number of nitrogens with zero attached hydrogens (tertiary/aromatic N) is 4. The number of aromatic hydroxyl groups is 1. The van der Waals surface area contributed by atoms with Gasteiger partial charge in [-0.05, 0) is 36.4 Å². The summed E-state index contributed by atoms with van der Waals surface area (Å²) in [6, 6.07) is 12.1. The van der Waals surface area contributed by atoms with Crippen molar-refractivity contribution in [2.75, 3.05) is 12.4 Å². The molecular formula is C18H14ClN5O2. The molecule has 7 nitrogen and oxygen atoms in total. The van der Waals surface area contributed by atoms with Gasteiger partial charge in [-0.25, -0.2) is 9.50 Å². The van der Waals surface area contributed by atoms with Crippen molar-refractivity contribution in [1.29, 1.82) is 0 Å². The Morgan fingerprint density at radius 2 is 2.04 bits per heavy atom. The van der Waals surface area contributed by atoms with Crippen LogP contribution in [-0.2, 0) is 0 Å². The van der Waals surface area contributed by atoms with Gasteiger partial charge in [-0.15, -0.1) is 5.10 Å². The van der Waals surface area contributed by atoms with E-state index in [1.165, 1.54) is 0 Å². The minimum atomic E-state index is 0.150. The van der Waals surface area contributed by atoms with Crippen molar-refractivity contribution in [2.45, 2.75) is 0 Å². The predicted octanol–water partition coefficient (Wildman–Crippen LogP) is 3.90. The van der Waals surface area contributed by atoms with Gasteiger partial charge in [0, 0.05) is 40.3 Å². The van der Waals surface area contributed by atoms with Gasteiger partial charge in [-0.3, -0.25) is 0 Å². The zero-order valence-electron chi connectivity index (χ0n) is 13.7. The highest BCUT2D eigenvalue weighted by Crippen LogP contribution is 2.31. The Labute approximate surface area is 153 Å². The van der Waals surface area contributed by atoms with Crippen LogP contribution in [0.25, 0.3) is 16.8 Å². The first-order chi connectivity index (χ1) is 12.6. The quantitative estimate of drug-likeness (QED) is 0.569. The van der Waals surface area contributed by atoms with E-state index in [0.717, 1.165) is 16.8 Å². The van der Waals surface area contributed by atoms with Crippen LogP contribution >= 0.6 is 11.6 Å². The highest BCUT2D eigenvalue weighted by atomic mass is 35.5. The Bertz CT molecular complexity index is 1100. The molecular weight excluding hydrogens is 354 g/mol. The van der Waals surface area contributed by atoms with Gasteiger partial charge in [0.2, 0.25) is 11.8 Å². The van der Waals surface area contributed by atoms with E-state index in [4.69, 9.17) is 16.3 Å². The second kappa shape index (κ2) is 6.53. The van der Waals surface area contributed by atoms with Gasteiger partial charge in [0.1, 0.15) is 5.75 Å². The fourth-order valence-corrected chi connectivity index (χ4v) is 2.78. The summed E-state index contributed by atoms with van der Waals surface area (Å²) in [5.41, 5.74) is 2.98. The summed E-state index contributed by atoms with van der Waals surface area (Å²) >= 11 is 6.24. The van der Waals surface area contributed by atoms with Crippen LogP contribution in [0, 0.1) is 0 Å². The van der Waals surface area contributed by atoms with Gasteiger partial charge < -0.3 is 15.2 Å². The number of halogens is 1. The lowest BCUT2D eigenvalue weighted by Gasteiger charge is -2.05. The zero-order valence-corrected chi connectivity index (χ0v) is 14.5. The third-order valence-electron chi connectivity index (χ3n) is 3.79. The van der Waals surface area contributed by atoms with Crippen molar-refractivity contribution in [3.63, 3.8) is 0 Å². The van der Waals surface area contributed by atoms with E-state index < -0.39 is 0 Å². The van der Waals surface area contributed by atoms with Crippen molar-refractivity contribution >= 4 is 28.9 Å². The fraction of sp³-hybridized carbons (Fsp3) is 0.0556. The molecule has 4 aromatic rings. The summed E-state index contributed by atoms with van der Waals surface area (Å²) in [6.07, 6.45) is 3.44. The summed E-state index contributed by atoms with van der Waals surface area (Å²) in [4.78, 5) is 8.50. The average molecular weight is 368 g/mol. The van der Waals surface area contributed by atoms with Crippen LogP contribution in [-0.4, -0.2) is 31.8 Å². The molecule has 3 heterocycles. The Morgan fingerprint density at radius 3 is 2.88 bits per heavy atom. The second-order valence-electron chi connectivity index (χ2n) is 5.53. The molecule has 0 saturated carbocycles. The molecule has 26 heavy (non-hydrogen) atoms. The van der Waals surface area contributed by atoms with Crippen LogP contribution in [0.2, 0.25) is 5.02 Å². The number of aromatic nitrogens is 4. The molecule has 3 aromatic heterocycles. The van der Waals surface area contributed by atoms with E-state index in [1.807, 2.05) is 12.1 Å². The molecule has 0 aliphatic rings. The van der Waals surface area contributed by atoms with Crippen LogP contribution in [0.1, 0.15) is 0 Å². The summed E-state index contributed by atoms with van der Waals surface area (Å²) in [6.45, 7) is 0. The highest BCUT2D eigenvalue weighted by molar-refractivity contribution is 6.33. The number of methoxy groups -OCH3 is 1. The lowest BCUT2D eigenvalue weighted by atomic mass is 10.1. The minimum Gasteiger partial charge on any atom is -0.508 e. The van der Waals surface area contributed by atoms with E-state index in [9.17, 15) is 5.11 Å². The molecule has 2 N–H and O–H groups in total. The molecule has 8 heteroatoms. The van der Waals surface area contributed by atoms with Crippen molar-refractivity contribution in [3.05, 3.63) is 59.9 Å². The van der Waals surface area contributed by atoms with Gasteiger partial charge in [0.25, 0.3) is 0 Å². The number of fused-ring (bicyclic) bond motifs is 1. The predicted molar refractivity (Wildman–Crippen MR) is 99.2 cm³/mol. The molecule has 4 rings (SSSR count). The fourth-order valence-electron chi connectivity index (χ4n) is 2.56. The zero-order chi connectivity index (χ0) is 18.1. The number of hydrogen-bond acceptors (Lipinski definition) is 6. The SMILES string of the molecule is COc1cc(Nc2nc3ccc(-c4cc(O)ccc4Cl)cn3n2)ccn1. The number of pyridine rings is 2. The van der Waals surface area contributed by atoms with E-state index >= 15 is 0 Å². The van der Waals surface area contributed by atoms with E-state index in [-0.39, 0.29) is 5.75 Å². The Morgan fingerprint density at radius 1 is 1.15 bits per heavy atom. The number of hydrogen-bond donors (Lipinski definition) is 2. The molecule has 1 aromatic carbocycles. The number of rotatable bonds is 4. The van der Waals surface area contributed by atoms with E-state index in [2.05, 4.69) is 20.4 Å². The molecule has 0 spiro atoms. The van der Waals surface area contributed by atoms with Gasteiger partial charge in [-0.1, -0.05) is 11.6 Å². The maximum Gasteiger partial charge on any atom is 0.247 e. The minimum absolute atomic E-state index is 0.150. The lowest BCUT2D eigenvalue weighted by Crippen LogP contribution is -1.95. The molecule has 130 valence electrons. The Kier molecular flexibility index (Phi) is 4.06. The van der Waals surface area contributed by atoms with Crippen LogP contribution in [0.4, 0.5) is 11.6 Å². The van der Waals surface area contributed by atoms with Crippen LogP contribution in [0.3, 0.4) is 0 Å². The molecule has 0 unspecified atom stereocenters. The monoisotopic (exact) mass is 367 g/mol. The first kappa shape index (κ1) is 16.2. The number of phenolic OH excluding ortho intramolecular Hbond substituents is 1. The molecule has 0 aliphatic heterocycles. The van der Waals surface area contributed by atoms with Gasteiger partial charge in [0.15, 0.2) is 5.65 Å². The van der Waals surface area contributed by atoms with Crippen LogP contribution < -0.4 is 10.1 Å². The Balaban J connectivity index is 1.68. The van der Waals surface area contributed by atoms with Gasteiger partial charge in [0.05, 0.1) is 7.11 Å². The lowest BCUT2D eigenvalue weighted by molar-refractivity contribution is 0.398. The van der Waals surface area contributed by atoms with Crippen molar-refractivity contribution < 1.29 is 9.84 Å². The second-order valence-corrected chi connectivity index (χ2v) is 5.94. The van der Waals surface area contributed by atoms with Crippen molar-refractivity contribution in [2.24, 2.45) is 0 Å². The Hall–Kier alpha value is -3.32. The maximum atomic E-state index is 9.70. The van der Waals surface area contributed by atoms with Crippen LogP contribution in [0.15, 0.2) is 54.9 Å². The largest absolute Gasteiger partial charge is 0.508 e. The number of anilines is 2. The van der Waals surface area contributed by atoms with Gasteiger partial charge in [-0.2, -0.15) is 4.98 Å².